The molecule has 2 aromatic carbocycles. The monoisotopic (exact) mass is 299 g/mol. The van der Waals surface area contributed by atoms with Crippen molar-refractivity contribution in [3.05, 3.63) is 59.4 Å². The van der Waals surface area contributed by atoms with Gasteiger partial charge in [-0.15, -0.1) is 0 Å². The van der Waals surface area contributed by atoms with Crippen molar-refractivity contribution in [3.63, 3.8) is 0 Å². The van der Waals surface area contributed by atoms with Gasteiger partial charge in [-0.3, -0.25) is 4.79 Å². The summed E-state index contributed by atoms with van der Waals surface area (Å²) in [5, 5.41) is 3.59. The Morgan fingerprint density at radius 1 is 1.23 bits per heavy atom. The second-order valence-corrected chi connectivity index (χ2v) is 5.07. The number of furan rings is 1. The molecule has 0 aliphatic rings. The second-order valence-electron chi connectivity index (χ2n) is 5.07. The first-order valence-corrected chi connectivity index (χ1v) is 6.85. The Bertz CT molecular complexity index is 838. The van der Waals surface area contributed by atoms with Crippen LogP contribution in [0.3, 0.4) is 0 Å². The van der Waals surface area contributed by atoms with Gasteiger partial charge in [-0.2, -0.15) is 0 Å². The van der Waals surface area contributed by atoms with Crippen LogP contribution in [0.5, 0.6) is 0 Å². The minimum Gasteiger partial charge on any atom is -0.455 e. The third-order valence-electron chi connectivity index (χ3n) is 3.47. The molecule has 3 N–H and O–H groups in total. The highest BCUT2D eigenvalue weighted by Crippen LogP contribution is 2.30. The Hall–Kier alpha value is -2.66. The largest absolute Gasteiger partial charge is 0.455 e. The standard InChI is InChI=1S/C17H15FN2O2/c1-20-9-10-2-4-11(5-3-10)15-7-12-6-13(18)8-14(17(19)21)16(12)22-15/h2-8,20H,9H2,1H3,(H2,19,21)/i19+1. The molecule has 0 spiro atoms. The molecule has 1 aromatic heterocycles. The smallest absolute Gasteiger partial charge is 0.252 e. The van der Waals surface area contributed by atoms with E-state index >= 15 is 0 Å². The molecule has 0 unspecified atom stereocenters. The number of benzene rings is 2. The van der Waals surface area contributed by atoms with E-state index in [1.807, 2.05) is 31.3 Å². The summed E-state index contributed by atoms with van der Waals surface area (Å²) in [7, 11) is 1.88. The molecule has 0 atom stereocenters. The average Bonchev–Trinajstić information content (AvgIpc) is 2.91. The number of rotatable bonds is 4. The molecule has 3 aromatic rings. The number of primary amides is 1. The van der Waals surface area contributed by atoms with Crippen LogP contribution < -0.4 is 11.1 Å². The number of nitrogens with two attached hydrogens (primary N) is 1. The van der Waals surface area contributed by atoms with E-state index in [9.17, 15) is 9.18 Å². The summed E-state index contributed by atoms with van der Waals surface area (Å²) in [5.41, 5.74) is 7.63. The number of amides is 1. The van der Waals surface area contributed by atoms with Crippen molar-refractivity contribution in [2.45, 2.75) is 6.54 Å². The van der Waals surface area contributed by atoms with Crippen LogP contribution in [0.15, 0.2) is 46.9 Å². The van der Waals surface area contributed by atoms with Crippen molar-refractivity contribution in [3.8, 4) is 11.3 Å². The Labute approximate surface area is 126 Å². The Morgan fingerprint density at radius 2 is 1.95 bits per heavy atom. The lowest BCUT2D eigenvalue weighted by molar-refractivity contribution is 0.100. The number of fused-ring (bicyclic) bond motifs is 1. The minimum atomic E-state index is -0.713. The van der Waals surface area contributed by atoms with Gasteiger partial charge in [0.2, 0.25) is 0 Å². The summed E-state index contributed by atoms with van der Waals surface area (Å²) in [4.78, 5) is 11.4. The summed E-state index contributed by atoms with van der Waals surface area (Å²) in [6, 6.07) is 11.9. The highest BCUT2D eigenvalue weighted by molar-refractivity contribution is 6.04. The van der Waals surface area contributed by atoms with Crippen molar-refractivity contribution in [1.29, 1.82) is 0 Å². The SMILES string of the molecule is CNCc1ccc(-c2cc3cc(F)cc(C([15NH2])=O)c3o2)cc1. The third-order valence-corrected chi connectivity index (χ3v) is 3.47. The highest BCUT2D eigenvalue weighted by Gasteiger charge is 2.15. The van der Waals surface area contributed by atoms with E-state index in [1.165, 1.54) is 6.07 Å². The highest BCUT2D eigenvalue weighted by atomic mass is 19.1. The van der Waals surface area contributed by atoms with Gasteiger partial charge in [0.15, 0.2) is 0 Å². The Morgan fingerprint density at radius 3 is 2.59 bits per heavy atom. The lowest BCUT2D eigenvalue weighted by Gasteiger charge is -2.01. The summed E-state index contributed by atoms with van der Waals surface area (Å²) < 4.78 is 19.3. The van der Waals surface area contributed by atoms with Gasteiger partial charge in [0.05, 0.1) is 5.56 Å². The molecular weight excluding hydrogens is 284 g/mol. The molecule has 1 amide bonds. The van der Waals surface area contributed by atoms with Crippen LogP contribution in [0.1, 0.15) is 15.9 Å². The van der Waals surface area contributed by atoms with Gasteiger partial charge in [0.25, 0.3) is 5.91 Å². The van der Waals surface area contributed by atoms with Gasteiger partial charge in [0.1, 0.15) is 17.2 Å². The minimum absolute atomic E-state index is 0.0491. The molecular formula is C17H15FN2O2. The number of nitrogens with one attached hydrogen (secondary N) is 1. The van der Waals surface area contributed by atoms with Crippen LogP contribution in [0.4, 0.5) is 4.39 Å². The lowest BCUT2D eigenvalue weighted by Crippen LogP contribution is -2.11. The second kappa shape index (κ2) is 5.61. The van der Waals surface area contributed by atoms with Crippen LogP contribution in [0, 0.1) is 5.82 Å². The normalized spacial score (nSPS) is 11.0. The molecule has 5 heteroatoms. The molecule has 0 aliphatic carbocycles. The lowest BCUT2D eigenvalue weighted by atomic mass is 10.1. The maximum atomic E-state index is 13.6. The predicted molar refractivity (Wildman–Crippen MR) is 82.9 cm³/mol. The topological polar surface area (TPSA) is 68.3 Å². The predicted octanol–water partition coefficient (Wildman–Crippen LogP) is 3.06. The average molecular weight is 299 g/mol. The molecule has 0 bridgehead atoms. The maximum absolute atomic E-state index is 13.6. The number of hydrogen-bond acceptors (Lipinski definition) is 3. The molecule has 0 radical (unpaired) electrons. The first kappa shape index (κ1) is 14.3. The van der Waals surface area contributed by atoms with Crippen LogP contribution in [0.2, 0.25) is 0 Å². The van der Waals surface area contributed by atoms with Crippen LogP contribution in [-0.4, -0.2) is 13.0 Å². The Balaban J connectivity index is 2.08. The fraction of sp³-hybridized carbons (Fsp3) is 0.118. The molecule has 22 heavy (non-hydrogen) atoms. The maximum Gasteiger partial charge on any atom is 0.252 e. The van der Waals surface area contributed by atoms with Gasteiger partial charge < -0.3 is 15.5 Å². The summed E-state index contributed by atoms with van der Waals surface area (Å²) in [6.07, 6.45) is 0. The summed E-state index contributed by atoms with van der Waals surface area (Å²) in [5.74, 6) is -0.660. The van der Waals surface area contributed by atoms with E-state index in [-0.39, 0.29) is 5.56 Å². The van der Waals surface area contributed by atoms with E-state index in [4.69, 9.17) is 10.2 Å². The molecule has 0 saturated heterocycles. The van der Waals surface area contributed by atoms with E-state index in [1.54, 1.807) is 6.07 Å². The first-order chi connectivity index (χ1) is 10.6. The quantitative estimate of drug-likeness (QED) is 0.728. The zero-order valence-corrected chi connectivity index (χ0v) is 12.0. The van der Waals surface area contributed by atoms with Crippen molar-refractivity contribution >= 4 is 16.9 Å². The van der Waals surface area contributed by atoms with Crippen LogP contribution in [-0.2, 0) is 6.54 Å². The van der Waals surface area contributed by atoms with Crippen molar-refractivity contribution < 1.29 is 13.6 Å². The van der Waals surface area contributed by atoms with Gasteiger partial charge in [0, 0.05) is 17.5 Å². The van der Waals surface area contributed by atoms with Crippen LogP contribution in [0.25, 0.3) is 22.3 Å². The summed E-state index contributed by atoms with van der Waals surface area (Å²) >= 11 is 0. The van der Waals surface area contributed by atoms with E-state index in [2.05, 4.69) is 5.32 Å². The molecule has 0 aliphatic heterocycles. The fourth-order valence-corrected chi connectivity index (χ4v) is 2.43. The van der Waals surface area contributed by atoms with E-state index in [0.29, 0.717) is 16.7 Å². The molecule has 1 heterocycles. The Kier molecular flexibility index (Phi) is 3.65. The molecule has 3 rings (SSSR count). The molecule has 0 fully saturated rings. The fourth-order valence-electron chi connectivity index (χ4n) is 2.43. The molecule has 112 valence electrons. The van der Waals surface area contributed by atoms with E-state index < -0.39 is 11.7 Å². The van der Waals surface area contributed by atoms with E-state index in [0.717, 1.165) is 23.7 Å². The van der Waals surface area contributed by atoms with Crippen molar-refractivity contribution in [1.82, 2.24) is 5.32 Å². The summed E-state index contributed by atoms with van der Waals surface area (Å²) in [6.45, 7) is 0.775. The number of carbonyl (C=O) groups excluding carboxylic acids is 1. The zero-order chi connectivity index (χ0) is 15.7. The third kappa shape index (κ3) is 2.58. The van der Waals surface area contributed by atoms with Gasteiger partial charge >= 0.3 is 0 Å². The van der Waals surface area contributed by atoms with Gasteiger partial charge in [-0.25, -0.2) is 4.39 Å². The zero-order valence-electron chi connectivity index (χ0n) is 12.0. The molecule has 0 saturated carbocycles. The van der Waals surface area contributed by atoms with Crippen molar-refractivity contribution in [2.24, 2.45) is 5.73 Å². The van der Waals surface area contributed by atoms with Gasteiger partial charge in [-0.1, -0.05) is 24.3 Å². The molecule has 4 nitrogen and oxygen atoms in total. The van der Waals surface area contributed by atoms with Crippen LogP contribution >= 0.6 is 0 Å². The number of carbonyl (C=O) groups is 1. The number of halogens is 1. The number of hydrogen-bond donors (Lipinski definition) is 2. The van der Waals surface area contributed by atoms with Crippen molar-refractivity contribution in [2.75, 3.05) is 7.05 Å². The van der Waals surface area contributed by atoms with Gasteiger partial charge in [-0.05, 0) is 30.8 Å². The first-order valence-electron chi connectivity index (χ1n) is 6.85.